The van der Waals surface area contributed by atoms with Crippen LogP contribution in [0.5, 0.6) is 0 Å². The number of amides is 2. The van der Waals surface area contributed by atoms with Crippen molar-refractivity contribution in [2.75, 3.05) is 57.4 Å². The first-order valence-electron chi connectivity index (χ1n) is 13.9. The van der Waals surface area contributed by atoms with Gasteiger partial charge in [-0.2, -0.15) is 0 Å². The molecule has 0 radical (unpaired) electrons. The van der Waals surface area contributed by atoms with E-state index >= 15 is 0 Å². The van der Waals surface area contributed by atoms with Gasteiger partial charge in [0.15, 0.2) is 0 Å². The monoisotopic (exact) mass is 555 g/mol. The summed E-state index contributed by atoms with van der Waals surface area (Å²) < 4.78 is 11.3. The van der Waals surface area contributed by atoms with E-state index in [2.05, 4.69) is 14.9 Å². The Morgan fingerprint density at radius 2 is 1.82 bits per heavy atom. The van der Waals surface area contributed by atoms with Crippen LogP contribution in [0.15, 0.2) is 24.5 Å². The molecule has 0 bridgehead atoms. The first-order valence-corrected chi connectivity index (χ1v) is 14.3. The van der Waals surface area contributed by atoms with E-state index in [1.807, 2.05) is 43.9 Å². The van der Waals surface area contributed by atoms with Crippen LogP contribution in [0, 0.1) is 32.6 Å². The second-order valence-electron chi connectivity index (χ2n) is 11.1. The number of halogens is 1. The van der Waals surface area contributed by atoms with E-state index in [1.165, 1.54) is 6.33 Å². The van der Waals surface area contributed by atoms with E-state index in [9.17, 15) is 9.59 Å². The Hall–Kier alpha value is -2.75. The fourth-order valence-electron chi connectivity index (χ4n) is 6.04. The zero-order valence-electron chi connectivity index (χ0n) is 23.1. The molecule has 0 saturated carbocycles. The van der Waals surface area contributed by atoms with Gasteiger partial charge in [-0.05, 0) is 76.1 Å². The number of aryl methyl sites for hydroxylation is 3. The minimum absolute atomic E-state index is 0.0424. The second-order valence-corrected chi connectivity index (χ2v) is 11.5. The Bertz CT molecular complexity index is 1170. The lowest BCUT2D eigenvalue weighted by molar-refractivity contribution is -0.0143. The SMILES string of the molecule is Cc1ccc(N(CCCN2CC3CN(C(=O)c4c(C)ncnc4C)CC3C2)C(=O)OC2CCCOC2)cc1Cl. The molecule has 1 aromatic carbocycles. The molecule has 39 heavy (non-hydrogen) atoms. The zero-order chi connectivity index (χ0) is 27.5. The number of carbonyl (C=O) groups is 2. The van der Waals surface area contributed by atoms with E-state index in [-0.39, 0.29) is 18.1 Å². The van der Waals surface area contributed by atoms with Crippen molar-refractivity contribution in [3.8, 4) is 0 Å². The zero-order valence-corrected chi connectivity index (χ0v) is 23.8. The van der Waals surface area contributed by atoms with Crippen LogP contribution >= 0.6 is 11.6 Å². The number of anilines is 1. The van der Waals surface area contributed by atoms with Gasteiger partial charge in [-0.15, -0.1) is 0 Å². The van der Waals surface area contributed by atoms with Gasteiger partial charge in [-0.25, -0.2) is 14.8 Å². The molecule has 3 aliphatic rings. The molecule has 3 aliphatic heterocycles. The smallest absolute Gasteiger partial charge is 0.414 e. The van der Waals surface area contributed by atoms with Gasteiger partial charge < -0.3 is 19.3 Å². The second kappa shape index (κ2) is 12.2. The summed E-state index contributed by atoms with van der Waals surface area (Å²) in [7, 11) is 0. The van der Waals surface area contributed by atoms with Crippen LogP contribution in [0.2, 0.25) is 5.02 Å². The number of nitrogens with zero attached hydrogens (tertiary/aromatic N) is 5. The highest BCUT2D eigenvalue weighted by Crippen LogP contribution is 2.32. The van der Waals surface area contributed by atoms with Crippen LogP contribution in [-0.2, 0) is 9.47 Å². The molecule has 4 heterocycles. The Balaban J connectivity index is 1.15. The molecule has 0 spiro atoms. The topological polar surface area (TPSA) is 88.1 Å². The van der Waals surface area contributed by atoms with Gasteiger partial charge in [-0.1, -0.05) is 17.7 Å². The van der Waals surface area contributed by atoms with Crippen molar-refractivity contribution in [2.45, 2.75) is 46.1 Å². The molecular weight excluding hydrogens is 518 g/mol. The number of rotatable bonds is 7. The minimum Gasteiger partial charge on any atom is -0.443 e. The Morgan fingerprint density at radius 3 is 2.46 bits per heavy atom. The summed E-state index contributed by atoms with van der Waals surface area (Å²) in [6.45, 7) is 11.7. The molecule has 3 saturated heterocycles. The first-order chi connectivity index (χ1) is 18.8. The third kappa shape index (κ3) is 6.36. The van der Waals surface area contributed by atoms with Crippen LogP contribution in [0.4, 0.5) is 10.5 Å². The molecule has 5 rings (SSSR count). The fraction of sp³-hybridized carbons (Fsp3) is 0.586. The number of likely N-dealkylation sites (tertiary alicyclic amines) is 2. The summed E-state index contributed by atoms with van der Waals surface area (Å²) in [5.74, 6) is 0.964. The van der Waals surface area contributed by atoms with Crippen molar-refractivity contribution in [1.82, 2.24) is 19.8 Å². The van der Waals surface area contributed by atoms with Crippen LogP contribution in [-0.4, -0.2) is 90.4 Å². The number of benzene rings is 1. The molecule has 210 valence electrons. The lowest BCUT2D eigenvalue weighted by atomic mass is 10.0. The largest absolute Gasteiger partial charge is 0.443 e. The number of hydrogen-bond acceptors (Lipinski definition) is 7. The van der Waals surface area contributed by atoms with Gasteiger partial charge in [0.05, 0.1) is 23.6 Å². The van der Waals surface area contributed by atoms with E-state index < -0.39 is 0 Å². The van der Waals surface area contributed by atoms with Crippen LogP contribution < -0.4 is 4.90 Å². The van der Waals surface area contributed by atoms with Gasteiger partial charge in [-0.3, -0.25) is 9.69 Å². The maximum Gasteiger partial charge on any atom is 0.414 e. The number of carbonyl (C=O) groups excluding carboxylic acids is 2. The normalized spacial score (nSPS) is 23.1. The van der Waals surface area contributed by atoms with Gasteiger partial charge >= 0.3 is 6.09 Å². The Labute approximate surface area is 235 Å². The molecular formula is C29H38ClN5O4. The summed E-state index contributed by atoms with van der Waals surface area (Å²) in [4.78, 5) is 41.0. The van der Waals surface area contributed by atoms with Crippen molar-refractivity contribution in [2.24, 2.45) is 11.8 Å². The van der Waals surface area contributed by atoms with Crippen molar-refractivity contribution in [1.29, 1.82) is 0 Å². The van der Waals surface area contributed by atoms with Crippen molar-refractivity contribution < 1.29 is 19.1 Å². The van der Waals surface area contributed by atoms with Crippen molar-refractivity contribution in [3.63, 3.8) is 0 Å². The molecule has 3 unspecified atom stereocenters. The predicted octanol–water partition coefficient (Wildman–Crippen LogP) is 4.27. The maximum atomic E-state index is 13.2. The summed E-state index contributed by atoms with van der Waals surface area (Å²) >= 11 is 6.40. The molecule has 3 fully saturated rings. The molecule has 1 aromatic heterocycles. The molecule has 10 heteroatoms. The fourth-order valence-corrected chi connectivity index (χ4v) is 6.21. The third-order valence-corrected chi connectivity index (χ3v) is 8.63. The summed E-state index contributed by atoms with van der Waals surface area (Å²) in [6, 6.07) is 5.69. The highest BCUT2D eigenvalue weighted by Gasteiger charge is 2.42. The average molecular weight is 556 g/mol. The average Bonchev–Trinajstić information content (AvgIpc) is 3.48. The summed E-state index contributed by atoms with van der Waals surface area (Å²) in [5, 5.41) is 0.630. The minimum atomic E-state index is -0.353. The lowest BCUT2D eigenvalue weighted by Crippen LogP contribution is -2.39. The van der Waals surface area contributed by atoms with E-state index in [1.54, 1.807) is 4.90 Å². The third-order valence-electron chi connectivity index (χ3n) is 8.22. The number of ether oxygens (including phenoxy) is 2. The van der Waals surface area contributed by atoms with Crippen LogP contribution in [0.3, 0.4) is 0 Å². The molecule has 2 amide bonds. The number of fused-ring (bicyclic) bond motifs is 1. The standard InChI is InChI=1S/C29H38ClN5O4/c1-19-7-8-24(12-26(19)30)35(29(37)39-25-6-4-11-38-17-25)10-5-9-33-13-22-15-34(16-23(22)14-33)28(36)27-20(2)31-18-32-21(27)3/h7-8,12,18,22-23,25H,4-6,9-11,13-17H2,1-3H3. The summed E-state index contributed by atoms with van der Waals surface area (Å²) in [5.41, 5.74) is 3.82. The Kier molecular flexibility index (Phi) is 8.69. The lowest BCUT2D eigenvalue weighted by Gasteiger charge is -2.28. The first kappa shape index (κ1) is 27.8. The molecule has 2 aromatic rings. The van der Waals surface area contributed by atoms with E-state index in [4.69, 9.17) is 21.1 Å². The van der Waals surface area contributed by atoms with Crippen LogP contribution in [0.25, 0.3) is 0 Å². The molecule has 9 nitrogen and oxygen atoms in total. The quantitative estimate of drug-likeness (QED) is 0.504. The summed E-state index contributed by atoms with van der Waals surface area (Å²) in [6.07, 6.45) is 3.47. The van der Waals surface area contributed by atoms with Crippen molar-refractivity contribution in [3.05, 3.63) is 52.1 Å². The highest BCUT2D eigenvalue weighted by molar-refractivity contribution is 6.31. The molecule has 0 N–H and O–H groups in total. The van der Waals surface area contributed by atoms with Crippen LogP contribution in [0.1, 0.15) is 46.6 Å². The highest BCUT2D eigenvalue weighted by atomic mass is 35.5. The Morgan fingerprint density at radius 1 is 1.10 bits per heavy atom. The van der Waals surface area contributed by atoms with Gasteiger partial charge in [0, 0.05) is 50.0 Å². The molecule has 0 aliphatic carbocycles. The predicted molar refractivity (Wildman–Crippen MR) is 149 cm³/mol. The van der Waals surface area contributed by atoms with E-state index in [0.717, 1.165) is 81.2 Å². The number of aromatic nitrogens is 2. The van der Waals surface area contributed by atoms with Gasteiger partial charge in [0.1, 0.15) is 12.4 Å². The van der Waals surface area contributed by atoms with Crippen molar-refractivity contribution >= 4 is 29.3 Å². The number of hydrogen-bond donors (Lipinski definition) is 0. The van der Waals surface area contributed by atoms with Gasteiger partial charge in [0.2, 0.25) is 0 Å². The van der Waals surface area contributed by atoms with Gasteiger partial charge in [0.25, 0.3) is 5.91 Å². The molecule has 3 atom stereocenters. The maximum absolute atomic E-state index is 13.2. The van der Waals surface area contributed by atoms with E-state index in [0.29, 0.717) is 35.6 Å².